The molecule has 20 heavy (non-hydrogen) atoms. The summed E-state index contributed by atoms with van der Waals surface area (Å²) in [6.45, 7) is 3.88. The number of carbonyl (C=O) groups is 1. The summed E-state index contributed by atoms with van der Waals surface area (Å²) in [5.74, 6) is 0.765. The Kier molecular flexibility index (Phi) is 3.35. The molecule has 0 saturated heterocycles. The van der Waals surface area contributed by atoms with Crippen LogP contribution in [0.2, 0.25) is 0 Å². The number of anilines is 1. The average Bonchev–Trinajstić information content (AvgIpc) is 2.91. The van der Waals surface area contributed by atoms with Gasteiger partial charge in [0.25, 0.3) is 5.91 Å². The van der Waals surface area contributed by atoms with Crippen LogP contribution in [0.15, 0.2) is 28.1 Å². The third-order valence-corrected chi connectivity index (χ3v) is 5.07. The molecule has 2 N–H and O–H groups in total. The van der Waals surface area contributed by atoms with Crippen molar-refractivity contribution in [1.82, 2.24) is 9.97 Å². The monoisotopic (exact) mass is 349 g/mol. The highest BCUT2D eigenvalue weighted by Gasteiger charge is 2.12. The fourth-order valence-electron chi connectivity index (χ4n) is 1.98. The maximum absolute atomic E-state index is 12.2. The fraction of sp³-hybridized carbons (Fsp3) is 0.143. The molecule has 3 aromatic rings. The largest absolute Gasteiger partial charge is 0.342 e. The average molecular weight is 350 g/mol. The molecule has 0 atom stereocenters. The van der Waals surface area contributed by atoms with Gasteiger partial charge in [0.05, 0.1) is 19.7 Å². The minimum absolute atomic E-state index is 0.0978. The molecule has 0 saturated carbocycles. The van der Waals surface area contributed by atoms with E-state index >= 15 is 0 Å². The summed E-state index contributed by atoms with van der Waals surface area (Å²) in [6.07, 6.45) is 0. The predicted molar refractivity (Wildman–Crippen MR) is 85.5 cm³/mol. The van der Waals surface area contributed by atoms with Crippen LogP contribution in [0.5, 0.6) is 0 Å². The molecular formula is C14H12BrN3OS. The molecule has 0 aliphatic carbocycles. The summed E-state index contributed by atoms with van der Waals surface area (Å²) in [7, 11) is 0. The summed E-state index contributed by atoms with van der Waals surface area (Å²) < 4.78 is 0.988. The summed E-state index contributed by atoms with van der Waals surface area (Å²) in [5.41, 5.74) is 3.65. The van der Waals surface area contributed by atoms with E-state index in [2.05, 4.69) is 31.2 Å². The second-order valence-electron chi connectivity index (χ2n) is 4.58. The SMILES string of the molecule is Cc1nc2ccc(NC(=O)c3cc(C)c(Br)s3)cc2[nH]1. The number of nitrogens with one attached hydrogen (secondary N) is 2. The number of benzene rings is 1. The van der Waals surface area contributed by atoms with Crippen molar-refractivity contribution in [3.05, 3.63) is 44.3 Å². The van der Waals surface area contributed by atoms with Crippen molar-refractivity contribution in [1.29, 1.82) is 0 Å². The molecule has 102 valence electrons. The van der Waals surface area contributed by atoms with Crippen LogP contribution in [0.4, 0.5) is 5.69 Å². The second kappa shape index (κ2) is 5.03. The lowest BCUT2D eigenvalue weighted by Crippen LogP contribution is -2.09. The topological polar surface area (TPSA) is 57.8 Å². The number of fused-ring (bicyclic) bond motifs is 1. The van der Waals surface area contributed by atoms with Crippen LogP contribution in [-0.2, 0) is 0 Å². The zero-order valence-corrected chi connectivity index (χ0v) is 13.4. The number of aromatic amines is 1. The van der Waals surface area contributed by atoms with Crippen LogP contribution in [0.25, 0.3) is 11.0 Å². The third kappa shape index (κ3) is 2.48. The molecule has 0 aliphatic heterocycles. The molecule has 0 aliphatic rings. The van der Waals surface area contributed by atoms with Crippen molar-refractivity contribution in [2.24, 2.45) is 0 Å². The van der Waals surface area contributed by atoms with E-state index in [4.69, 9.17) is 0 Å². The van der Waals surface area contributed by atoms with Gasteiger partial charge in [-0.1, -0.05) is 0 Å². The lowest BCUT2D eigenvalue weighted by molar-refractivity contribution is 0.103. The highest BCUT2D eigenvalue weighted by molar-refractivity contribution is 9.11. The summed E-state index contributed by atoms with van der Waals surface area (Å²) >= 11 is 4.86. The fourth-order valence-corrected chi connectivity index (χ4v) is 3.41. The van der Waals surface area contributed by atoms with Gasteiger partial charge in [-0.05, 0) is 59.6 Å². The number of thiophene rings is 1. The number of aryl methyl sites for hydroxylation is 2. The van der Waals surface area contributed by atoms with Gasteiger partial charge in [-0.15, -0.1) is 11.3 Å². The molecule has 3 rings (SSSR count). The van der Waals surface area contributed by atoms with E-state index in [1.165, 1.54) is 11.3 Å². The quantitative estimate of drug-likeness (QED) is 0.726. The van der Waals surface area contributed by atoms with Crippen LogP contribution in [-0.4, -0.2) is 15.9 Å². The highest BCUT2D eigenvalue weighted by atomic mass is 79.9. The molecule has 2 heterocycles. The van der Waals surface area contributed by atoms with Crippen LogP contribution in [0.3, 0.4) is 0 Å². The standard InChI is InChI=1S/C14H12BrN3OS/c1-7-5-12(20-13(7)15)14(19)18-9-3-4-10-11(6-9)17-8(2)16-10/h3-6H,1-2H3,(H,16,17)(H,18,19). The van der Waals surface area contributed by atoms with Crippen LogP contribution >= 0.6 is 27.3 Å². The summed E-state index contributed by atoms with van der Waals surface area (Å²) in [6, 6.07) is 7.52. The molecular weight excluding hydrogens is 338 g/mol. The van der Waals surface area contributed by atoms with Gasteiger partial charge in [0.15, 0.2) is 0 Å². The van der Waals surface area contributed by atoms with Crippen LogP contribution < -0.4 is 5.32 Å². The minimum atomic E-state index is -0.0978. The van der Waals surface area contributed by atoms with E-state index in [0.717, 1.165) is 31.9 Å². The first kappa shape index (κ1) is 13.3. The minimum Gasteiger partial charge on any atom is -0.342 e. The Labute approximate surface area is 128 Å². The van der Waals surface area contributed by atoms with Crippen molar-refractivity contribution in [2.75, 3.05) is 5.32 Å². The van der Waals surface area contributed by atoms with E-state index in [9.17, 15) is 4.79 Å². The number of hydrogen-bond acceptors (Lipinski definition) is 3. The number of carbonyl (C=O) groups excluding carboxylic acids is 1. The maximum Gasteiger partial charge on any atom is 0.265 e. The molecule has 0 unspecified atom stereocenters. The Balaban J connectivity index is 1.86. The zero-order chi connectivity index (χ0) is 14.3. The summed E-state index contributed by atoms with van der Waals surface area (Å²) in [4.78, 5) is 20.4. The smallest absolute Gasteiger partial charge is 0.265 e. The molecule has 0 fully saturated rings. The van der Waals surface area contributed by atoms with Crippen molar-refractivity contribution in [3.63, 3.8) is 0 Å². The van der Waals surface area contributed by atoms with Gasteiger partial charge < -0.3 is 10.3 Å². The lowest BCUT2D eigenvalue weighted by atomic mass is 10.2. The Morgan fingerprint density at radius 1 is 1.35 bits per heavy atom. The first-order valence-electron chi connectivity index (χ1n) is 6.06. The molecule has 4 nitrogen and oxygen atoms in total. The number of amides is 1. The number of nitrogens with zero attached hydrogens (tertiary/aromatic N) is 1. The van der Waals surface area contributed by atoms with Gasteiger partial charge in [0.1, 0.15) is 5.82 Å². The van der Waals surface area contributed by atoms with E-state index in [-0.39, 0.29) is 5.91 Å². The maximum atomic E-state index is 12.2. The third-order valence-electron chi connectivity index (χ3n) is 2.94. The predicted octanol–water partition coefficient (Wildman–Crippen LogP) is 4.26. The molecule has 2 aromatic heterocycles. The number of H-pyrrole nitrogens is 1. The van der Waals surface area contributed by atoms with Gasteiger partial charge in [-0.2, -0.15) is 0 Å². The van der Waals surface area contributed by atoms with E-state index < -0.39 is 0 Å². The van der Waals surface area contributed by atoms with Gasteiger partial charge in [-0.25, -0.2) is 4.98 Å². The van der Waals surface area contributed by atoms with Crippen molar-refractivity contribution < 1.29 is 4.79 Å². The first-order valence-corrected chi connectivity index (χ1v) is 7.67. The van der Waals surface area contributed by atoms with E-state index in [0.29, 0.717) is 4.88 Å². The molecule has 0 spiro atoms. The highest BCUT2D eigenvalue weighted by Crippen LogP contribution is 2.28. The lowest BCUT2D eigenvalue weighted by Gasteiger charge is -2.03. The molecule has 0 radical (unpaired) electrons. The Hall–Kier alpha value is -1.66. The number of rotatable bonds is 2. The Bertz CT molecular complexity index is 786. The number of aromatic nitrogens is 2. The van der Waals surface area contributed by atoms with Crippen molar-refractivity contribution in [3.8, 4) is 0 Å². The summed E-state index contributed by atoms with van der Waals surface area (Å²) in [5, 5.41) is 2.90. The molecule has 1 aromatic carbocycles. The van der Waals surface area contributed by atoms with Crippen molar-refractivity contribution in [2.45, 2.75) is 13.8 Å². The van der Waals surface area contributed by atoms with Crippen molar-refractivity contribution >= 4 is 49.9 Å². The number of halogens is 1. The van der Waals surface area contributed by atoms with E-state index in [1.807, 2.05) is 38.1 Å². The zero-order valence-electron chi connectivity index (χ0n) is 11.0. The van der Waals surface area contributed by atoms with Gasteiger partial charge in [0.2, 0.25) is 0 Å². The van der Waals surface area contributed by atoms with Gasteiger partial charge in [-0.3, -0.25) is 4.79 Å². The van der Waals surface area contributed by atoms with Crippen LogP contribution in [0.1, 0.15) is 21.1 Å². The van der Waals surface area contributed by atoms with Gasteiger partial charge >= 0.3 is 0 Å². The van der Waals surface area contributed by atoms with Crippen LogP contribution in [0, 0.1) is 13.8 Å². The normalized spacial score (nSPS) is 10.9. The molecule has 0 bridgehead atoms. The number of hydrogen-bond donors (Lipinski definition) is 2. The second-order valence-corrected chi connectivity index (χ2v) is 6.95. The Morgan fingerprint density at radius 2 is 2.15 bits per heavy atom. The van der Waals surface area contributed by atoms with Gasteiger partial charge in [0, 0.05) is 5.69 Å². The van der Waals surface area contributed by atoms with E-state index in [1.54, 1.807) is 0 Å². The molecule has 6 heteroatoms. The first-order chi connectivity index (χ1) is 9.52. The molecule has 1 amide bonds. The number of imidazole rings is 1. The Morgan fingerprint density at radius 3 is 2.85 bits per heavy atom.